The van der Waals surface area contributed by atoms with E-state index in [4.69, 9.17) is 26.8 Å². The number of anilines is 3. The normalized spacial score (nSPS) is 13.2. The maximum atomic E-state index is 13.4. The van der Waals surface area contributed by atoms with Crippen LogP contribution in [0.2, 0.25) is 5.02 Å². The van der Waals surface area contributed by atoms with Crippen LogP contribution in [0.1, 0.15) is 12.5 Å². The van der Waals surface area contributed by atoms with Gasteiger partial charge in [-0.15, -0.1) is 0 Å². The smallest absolute Gasteiger partial charge is 0.144 e. The highest BCUT2D eigenvalue weighted by atomic mass is 35.5. The summed E-state index contributed by atoms with van der Waals surface area (Å²) >= 11 is 5.86. The highest BCUT2D eigenvalue weighted by molar-refractivity contribution is 6.31. The second-order valence-electron chi connectivity index (χ2n) is 6.05. The molecule has 0 bridgehead atoms. The van der Waals surface area contributed by atoms with Gasteiger partial charge in [0, 0.05) is 31.0 Å². The van der Waals surface area contributed by atoms with Crippen molar-refractivity contribution in [1.29, 1.82) is 0 Å². The van der Waals surface area contributed by atoms with Gasteiger partial charge in [0.15, 0.2) is 0 Å². The van der Waals surface area contributed by atoms with Crippen LogP contribution in [0, 0.1) is 5.82 Å². The molecule has 3 rings (SSSR count). The van der Waals surface area contributed by atoms with Crippen molar-refractivity contribution in [3.63, 3.8) is 0 Å². The number of nitrogens with zero attached hydrogens (tertiary/aromatic N) is 2. The predicted octanol–water partition coefficient (Wildman–Crippen LogP) is 3.74. The Balaban J connectivity index is 1.84. The van der Waals surface area contributed by atoms with Gasteiger partial charge in [0.1, 0.15) is 30.7 Å². The average Bonchev–Trinajstić information content (AvgIpc) is 2.65. The highest BCUT2D eigenvalue weighted by Crippen LogP contribution is 2.34. The van der Waals surface area contributed by atoms with Crippen LogP contribution in [0.15, 0.2) is 35.3 Å². The van der Waals surface area contributed by atoms with Crippen molar-refractivity contribution in [2.75, 3.05) is 49.5 Å². The van der Waals surface area contributed by atoms with Crippen molar-refractivity contribution in [2.45, 2.75) is 6.92 Å². The summed E-state index contributed by atoms with van der Waals surface area (Å²) in [5.74, 6) is 0.774. The molecule has 0 aliphatic carbocycles. The molecular weight excluding hydrogens is 371 g/mol. The lowest BCUT2D eigenvalue weighted by atomic mass is 10.1. The minimum atomic E-state index is -0.467. The summed E-state index contributed by atoms with van der Waals surface area (Å²) in [6, 6.07) is 8.15. The van der Waals surface area contributed by atoms with Crippen molar-refractivity contribution in [3.05, 3.63) is 46.7 Å². The van der Waals surface area contributed by atoms with E-state index in [1.165, 1.54) is 12.1 Å². The number of fused-ring (bicyclic) bond motifs is 1. The summed E-state index contributed by atoms with van der Waals surface area (Å²) in [5.41, 5.74) is 9.08. The van der Waals surface area contributed by atoms with Crippen LogP contribution in [-0.4, -0.2) is 39.4 Å². The van der Waals surface area contributed by atoms with Crippen LogP contribution in [-0.2, 0) is 4.74 Å². The Labute approximate surface area is 162 Å². The van der Waals surface area contributed by atoms with Gasteiger partial charge in [-0.05, 0) is 31.2 Å². The van der Waals surface area contributed by atoms with E-state index in [2.05, 4.69) is 10.3 Å². The minimum absolute atomic E-state index is 0.0475. The van der Waals surface area contributed by atoms with Gasteiger partial charge in [-0.25, -0.2) is 9.38 Å². The second-order valence-corrected chi connectivity index (χ2v) is 6.46. The van der Waals surface area contributed by atoms with Gasteiger partial charge in [-0.3, -0.25) is 0 Å². The first-order valence-corrected chi connectivity index (χ1v) is 8.99. The van der Waals surface area contributed by atoms with Crippen LogP contribution in [0.5, 0.6) is 5.75 Å². The number of nitrogens with two attached hydrogens (primary N) is 1. The molecule has 0 unspecified atom stereocenters. The summed E-state index contributed by atoms with van der Waals surface area (Å²) in [6.07, 6.45) is 0. The largest absolute Gasteiger partial charge is 0.489 e. The molecule has 27 heavy (non-hydrogen) atoms. The van der Waals surface area contributed by atoms with Crippen molar-refractivity contribution >= 4 is 34.5 Å². The quantitative estimate of drug-likeness (QED) is 0.578. The van der Waals surface area contributed by atoms with E-state index in [0.29, 0.717) is 49.4 Å². The van der Waals surface area contributed by atoms with E-state index in [-0.39, 0.29) is 5.02 Å². The summed E-state index contributed by atoms with van der Waals surface area (Å²) < 4.78 is 24.4. The van der Waals surface area contributed by atoms with Crippen LogP contribution < -0.4 is 20.7 Å². The Hall–Kier alpha value is -2.51. The topological polar surface area (TPSA) is 72.1 Å². The third kappa shape index (κ3) is 4.43. The van der Waals surface area contributed by atoms with E-state index in [0.717, 1.165) is 11.3 Å². The number of hydrogen-bond acceptors (Lipinski definition) is 6. The highest BCUT2D eigenvalue weighted by Gasteiger charge is 2.21. The molecule has 0 spiro atoms. The van der Waals surface area contributed by atoms with Crippen molar-refractivity contribution < 1.29 is 13.9 Å². The van der Waals surface area contributed by atoms with Crippen LogP contribution >= 0.6 is 11.6 Å². The number of nitrogen functional groups attached to an aromatic ring is 1. The van der Waals surface area contributed by atoms with Crippen molar-refractivity contribution in [1.82, 2.24) is 0 Å². The minimum Gasteiger partial charge on any atom is -0.489 e. The van der Waals surface area contributed by atoms with Crippen LogP contribution in [0.25, 0.3) is 0 Å². The number of rotatable bonds is 6. The van der Waals surface area contributed by atoms with Crippen molar-refractivity contribution in [2.24, 2.45) is 4.99 Å². The number of hydrogen-bond donors (Lipinski definition) is 2. The molecule has 0 aromatic heterocycles. The van der Waals surface area contributed by atoms with Crippen LogP contribution in [0.3, 0.4) is 0 Å². The lowest BCUT2D eigenvalue weighted by molar-refractivity contribution is 0.110. The summed E-state index contributed by atoms with van der Waals surface area (Å²) in [6.45, 7) is 3.97. The molecule has 0 radical (unpaired) electrons. The van der Waals surface area contributed by atoms with Crippen molar-refractivity contribution in [3.8, 4) is 5.75 Å². The molecule has 2 aromatic carbocycles. The van der Waals surface area contributed by atoms with Gasteiger partial charge in [-0.1, -0.05) is 11.6 Å². The molecule has 0 saturated heterocycles. The molecule has 0 fully saturated rings. The standard InChI is InChI=1S/C19H22ClFN4O2/c1-3-26-6-7-27-18-10-17-13(9-16(18)22)19(23-11-25(17)2)24-12-4-5-15(21)14(20)8-12/h4-5,8-10H,3,6-7,11,22H2,1-2H3,(H,23,24). The first-order valence-electron chi connectivity index (χ1n) is 8.61. The van der Waals surface area contributed by atoms with Gasteiger partial charge >= 0.3 is 0 Å². The van der Waals surface area contributed by atoms with E-state index in [9.17, 15) is 4.39 Å². The first-order chi connectivity index (χ1) is 13.0. The van der Waals surface area contributed by atoms with Gasteiger partial charge in [-0.2, -0.15) is 0 Å². The molecule has 1 aliphatic heterocycles. The van der Waals surface area contributed by atoms with Gasteiger partial charge in [0.25, 0.3) is 0 Å². The fourth-order valence-corrected chi connectivity index (χ4v) is 2.91. The number of ether oxygens (including phenoxy) is 2. The molecule has 3 N–H and O–H groups in total. The first kappa shape index (κ1) is 19.3. The van der Waals surface area contributed by atoms with E-state index in [1.807, 2.05) is 31.0 Å². The fourth-order valence-electron chi connectivity index (χ4n) is 2.73. The Kier molecular flexibility index (Phi) is 6.03. The Bertz CT molecular complexity index is 860. The third-order valence-electron chi connectivity index (χ3n) is 4.11. The summed E-state index contributed by atoms with van der Waals surface area (Å²) in [4.78, 5) is 6.53. The third-order valence-corrected chi connectivity index (χ3v) is 4.40. The fraction of sp³-hybridized carbons (Fsp3) is 0.316. The number of halogens is 2. The van der Waals surface area contributed by atoms with Gasteiger partial charge < -0.3 is 25.4 Å². The number of nitrogens with one attached hydrogen (secondary N) is 1. The molecule has 0 amide bonds. The molecule has 0 atom stereocenters. The number of amidine groups is 1. The summed E-state index contributed by atoms with van der Waals surface area (Å²) in [5, 5.41) is 3.24. The van der Waals surface area contributed by atoms with Crippen LogP contribution in [0.4, 0.5) is 21.5 Å². The Morgan fingerprint density at radius 1 is 1.30 bits per heavy atom. The zero-order valence-electron chi connectivity index (χ0n) is 15.3. The molecule has 2 aromatic rings. The molecule has 6 nitrogen and oxygen atoms in total. The monoisotopic (exact) mass is 392 g/mol. The van der Waals surface area contributed by atoms with Gasteiger partial charge in [0.05, 0.1) is 23.0 Å². The molecular formula is C19H22ClFN4O2. The predicted molar refractivity (Wildman–Crippen MR) is 108 cm³/mol. The maximum Gasteiger partial charge on any atom is 0.144 e. The average molecular weight is 393 g/mol. The lowest BCUT2D eigenvalue weighted by Gasteiger charge is -2.28. The lowest BCUT2D eigenvalue weighted by Crippen LogP contribution is -2.29. The zero-order valence-corrected chi connectivity index (χ0v) is 16.0. The maximum absolute atomic E-state index is 13.4. The SMILES string of the molecule is CCOCCOc1cc2c(cc1N)C(Nc1ccc(F)c(Cl)c1)=NCN2C. The van der Waals surface area contributed by atoms with E-state index < -0.39 is 5.82 Å². The van der Waals surface area contributed by atoms with Gasteiger partial charge in [0.2, 0.25) is 0 Å². The van der Waals surface area contributed by atoms with E-state index >= 15 is 0 Å². The summed E-state index contributed by atoms with van der Waals surface area (Å²) in [7, 11) is 1.94. The number of benzene rings is 2. The Morgan fingerprint density at radius 2 is 2.11 bits per heavy atom. The Morgan fingerprint density at radius 3 is 2.85 bits per heavy atom. The molecule has 1 heterocycles. The second kappa shape index (κ2) is 8.45. The number of aliphatic imine (C=N–C) groups is 1. The molecule has 8 heteroatoms. The molecule has 144 valence electrons. The van der Waals surface area contributed by atoms with E-state index in [1.54, 1.807) is 6.07 Å². The molecule has 1 aliphatic rings. The zero-order chi connectivity index (χ0) is 19.4. The molecule has 0 saturated carbocycles.